The Bertz CT molecular complexity index is 324. The quantitative estimate of drug-likeness (QED) is 0.853. The second-order valence-corrected chi connectivity index (χ2v) is 6.04. The number of thiazole rings is 1. The van der Waals surface area contributed by atoms with Crippen LogP contribution in [0, 0.1) is 0 Å². The van der Waals surface area contributed by atoms with Crippen LogP contribution in [0.5, 0.6) is 0 Å². The molecular formula is C12H19N3S. The molecule has 2 heterocycles. The molecule has 0 radical (unpaired) electrons. The molecule has 0 spiro atoms. The number of hydrogen-bond donors (Lipinski definition) is 1. The average Bonchev–Trinajstić information content (AvgIpc) is 2.79. The number of nitrogens with two attached hydrogens (primary N) is 1. The molecule has 1 aromatic heterocycles. The van der Waals surface area contributed by atoms with Crippen molar-refractivity contribution in [3.63, 3.8) is 0 Å². The summed E-state index contributed by atoms with van der Waals surface area (Å²) in [5.74, 6) is 0.777. The molecule has 0 bridgehead atoms. The third-order valence-corrected chi connectivity index (χ3v) is 4.94. The van der Waals surface area contributed by atoms with Gasteiger partial charge in [0.2, 0.25) is 0 Å². The first-order valence-corrected chi connectivity index (χ1v) is 7.09. The minimum atomic E-state index is 0.444. The van der Waals surface area contributed by atoms with Crippen molar-refractivity contribution in [1.29, 1.82) is 0 Å². The lowest BCUT2D eigenvalue weighted by atomic mass is 9.83. The molecule has 2 aliphatic rings. The summed E-state index contributed by atoms with van der Waals surface area (Å²) in [6, 6.07) is 1.25. The number of aromatic nitrogens is 1. The lowest BCUT2D eigenvalue weighted by Crippen LogP contribution is -2.59. The second-order valence-electron chi connectivity index (χ2n) is 5.12. The molecule has 16 heavy (non-hydrogen) atoms. The van der Waals surface area contributed by atoms with E-state index in [1.807, 2.05) is 16.8 Å². The molecular weight excluding hydrogens is 218 g/mol. The summed E-state index contributed by atoms with van der Waals surface area (Å²) in [5.41, 5.74) is 7.79. The van der Waals surface area contributed by atoms with Crippen molar-refractivity contribution in [3.8, 4) is 0 Å². The zero-order valence-corrected chi connectivity index (χ0v) is 10.3. The van der Waals surface area contributed by atoms with Crippen molar-refractivity contribution >= 4 is 11.3 Å². The van der Waals surface area contributed by atoms with Crippen molar-refractivity contribution < 1.29 is 0 Å². The van der Waals surface area contributed by atoms with E-state index in [0.717, 1.165) is 25.0 Å². The van der Waals surface area contributed by atoms with Crippen molar-refractivity contribution in [2.24, 2.45) is 5.73 Å². The Hall–Kier alpha value is -0.450. The van der Waals surface area contributed by atoms with Crippen LogP contribution in [0.2, 0.25) is 0 Å². The van der Waals surface area contributed by atoms with E-state index in [9.17, 15) is 0 Å². The van der Waals surface area contributed by atoms with Gasteiger partial charge < -0.3 is 5.73 Å². The summed E-state index contributed by atoms with van der Waals surface area (Å²) in [6.45, 7) is 2.24. The molecule has 0 amide bonds. The van der Waals surface area contributed by atoms with Gasteiger partial charge in [0, 0.05) is 36.2 Å². The molecule has 3 rings (SSSR count). The summed E-state index contributed by atoms with van der Waals surface area (Å²) >= 11 is 1.81. The molecule has 1 aliphatic heterocycles. The number of likely N-dealkylation sites (tertiary alicyclic amines) is 1. The Morgan fingerprint density at radius 2 is 2.00 bits per heavy atom. The van der Waals surface area contributed by atoms with Crippen LogP contribution in [0.25, 0.3) is 0 Å². The maximum absolute atomic E-state index is 5.83. The number of hydrogen-bond acceptors (Lipinski definition) is 4. The highest BCUT2D eigenvalue weighted by molar-refractivity contribution is 7.09. The van der Waals surface area contributed by atoms with Gasteiger partial charge in [0.25, 0.3) is 0 Å². The first-order valence-electron chi connectivity index (χ1n) is 6.21. The van der Waals surface area contributed by atoms with Crippen LogP contribution < -0.4 is 5.73 Å². The fourth-order valence-electron chi connectivity index (χ4n) is 3.00. The summed E-state index contributed by atoms with van der Waals surface area (Å²) in [7, 11) is 0. The van der Waals surface area contributed by atoms with E-state index in [2.05, 4.69) is 16.1 Å². The fraction of sp³-hybridized carbons (Fsp3) is 0.750. The predicted molar refractivity (Wildman–Crippen MR) is 66.7 cm³/mol. The largest absolute Gasteiger partial charge is 0.325 e. The van der Waals surface area contributed by atoms with Crippen molar-refractivity contribution in [2.45, 2.75) is 43.7 Å². The molecule has 88 valence electrons. The lowest BCUT2D eigenvalue weighted by molar-refractivity contribution is 0.0681. The van der Waals surface area contributed by atoms with Gasteiger partial charge in [-0.2, -0.15) is 0 Å². The van der Waals surface area contributed by atoms with Crippen LogP contribution in [0.3, 0.4) is 0 Å². The molecule has 2 N–H and O–H groups in total. The summed E-state index contributed by atoms with van der Waals surface area (Å²) in [5, 5.41) is 0. The SMILES string of the molecule is NC1CN(C2CCC(c3cncs3)CC2)C1. The third-order valence-electron chi connectivity index (χ3n) is 4.00. The van der Waals surface area contributed by atoms with Crippen LogP contribution in [0.15, 0.2) is 11.7 Å². The van der Waals surface area contributed by atoms with Crippen LogP contribution in [-0.2, 0) is 0 Å². The van der Waals surface area contributed by atoms with E-state index in [1.165, 1.54) is 30.6 Å². The molecule has 3 nitrogen and oxygen atoms in total. The van der Waals surface area contributed by atoms with Gasteiger partial charge in [0.05, 0.1) is 5.51 Å². The smallest absolute Gasteiger partial charge is 0.0794 e. The summed E-state index contributed by atoms with van der Waals surface area (Å²) in [6.07, 6.45) is 7.40. The topological polar surface area (TPSA) is 42.1 Å². The zero-order chi connectivity index (χ0) is 11.0. The van der Waals surface area contributed by atoms with Gasteiger partial charge >= 0.3 is 0 Å². The average molecular weight is 237 g/mol. The van der Waals surface area contributed by atoms with Gasteiger partial charge in [0.1, 0.15) is 0 Å². The Morgan fingerprint density at radius 3 is 2.56 bits per heavy atom. The highest BCUT2D eigenvalue weighted by atomic mass is 32.1. The van der Waals surface area contributed by atoms with E-state index in [4.69, 9.17) is 5.73 Å². The first-order chi connectivity index (χ1) is 7.83. The van der Waals surface area contributed by atoms with Gasteiger partial charge in [0.15, 0.2) is 0 Å². The predicted octanol–water partition coefficient (Wildman–Crippen LogP) is 1.81. The van der Waals surface area contributed by atoms with Crippen molar-refractivity contribution in [1.82, 2.24) is 9.88 Å². The van der Waals surface area contributed by atoms with Crippen LogP contribution in [0.4, 0.5) is 0 Å². The maximum atomic E-state index is 5.83. The lowest BCUT2D eigenvalue weighted by Gasteiger charge is -2.45. The summed E-state index contributed by atoms with van der Waals surface area (Å²) < 4.78 is 0. The molecule has 0 atom stereocenters. The third kappa shape index (κ3) is 2.01. The van der Waals surface area contributed by atoms with E-state index >= 15 is 0 Å². The monoisotopic (exact) mass is 237 g/mol. The van der Waals surface area contributed by atoms with Crippen molar-refractivity contribution in [3.05, 3.63) is 16.6 Å². The number of nitrogens with zero attached hydrogens (tertiary/aromatic N) is 2. The molecule has 4 heteroatoms. The van der Waals surface area contributed by atoms with Gasteiger partial charge in [-0.3, -0.25) is 9.88 Å². The molecule has 1 aromatic rings. The minimum Gasteiger partial charge on any atom is -0.325 e. The Balaban J connectivity index is 1.52. The molecule has 1 saturated heterocycles. The van der Waals surface area contributed by atoms with Gasteiger partial charge in [-0.05, 0) is 31.6 Å². The van der Waals surface area contributed by atoms with Gasteiger partial charge in [-0.25, -0.2) is 0 Å². The highest BCUT2D eigenvalue weighted by Crippen LogP contribution is 2.37. The van der Waals surface area contributed by atoms with Crippen LogP contribution in [0.1, 0.15) is 36.5 Å². The van der Waals surface area contributed by atoms with E-state index in [0.29, 0.717) is 6.04 Å². The first kappa shape index (κ1) is 10.7. The molecule has 1 saturated carbocycles. The Morgan fingerprint density at radius 1 is 1.25 bits per heavy atom. The van der Waals surface area contributed by atoms with E-state index < -0.39 is 0 Å². The second kappa shape index (κ2) is 4.43. The fourth-order valence-corrected chi connectivity index (χ4v) is 3.79. The standard InChI is InChI=1S/C12H19N3S/c13-10-6-15(7-10)11-3-1-9(2-4-11)12-5-14-8-16-12/h5,8-11H,1-4,6-7,13H2. The van der Waals surface area contributed by atoms with Gasteiger partial charge in [-0.15, -0.1) is 11.3 Å². The normalized spacial score (nSPS) is 32.6. The van der Waals surface area contributed by atoms with Crippen molar-refractivity contribution in [2.75, 3.05) is 13.1 Å². The highest BCUT2D eigenvalue weighted by Gasteiger charge is 2.33. The van der Waals surface area contributed by atoms with Gasteiger partial charge in [-0.1, -0.05) is 0 Å². The van der Waals surface area contributed by atoms with E-state index in [1.54, 1.807) is 0 Å². The minimum absolute atomic E-state index is 0.444. The zero-order valence-electron chi connectivity index (χ0n) is 9.51. The maximum Gasteiger partial charge on any atom is 0.0794 e. The Labute approximate surface area is 101 Å². The molecule has 1 aliphatic carbocycles. The summed E-state index contributed by atoms with van der Waals surface area (Å²) in [4.78, 5) is 8.23. The number of rotatable bonds is 2. The Kier molecular flexibility index (Phi) is 2.96. The molecule has 0 aromatic carbocycles. The van der Waals surface area contributed by atoms with Crippen LogP contribution in [-0.4, -0.2) is 35.1 Å². The van der Waals surface area contributed by atoms with E-state index in [-0.39, 0.29) is 0 Å². The van der Waals surface area contributed by atoms with Crippen LogP contribution >= 0.6 is 11.3 Å². The molecule has 2 fully saturated rings. The molecule has 0 unspecified atom stereocenters.